The summed E-state index contributed by atoms with van der Waals surface area (Å²) in [5, 5.41) is 8.61. The average Bonchev–Trinajstić information content (AvgIpc) is 2.15. The Labute approximate surface area is 84.2 Å². The third kappa shape index (κ3) is 3.02. The minimum Gasteiger partial charge on any atom is -0.406 e. The van der Waals surface area contributed by atoms with Gasteiger partial charge in [0.2, 0.25) is 0 Å². The molecular formula is C10H6F3NO. The first-order valence-electron chi connectivity index (χ1n) is 3.88. The van der Waals surface area contributed by atoms with Crippen LogP contribution in [0.2, 0.25) is 0 Å². The predicted molar refractivity (Wildman–Crippen MR) is 47.9 cm³/mol. The Morgan fingerprint density at radius 2 is 2.07 bits per heavy atom. The summed E-state index contributed by atoms with van der Waals surface area (Å²) in [6, 6.07) is 5.27. The zero-order valence-electron chi connectivity index (χ0n) is 7.51. The summed E-state index contributed by atoms with van der Waals surface area (Å²) in [6.45, 7) is 3.39. The first-order valence-corrected chi connectivity index (χ1v) is 3.88. The topological polar surface area (TPSA) is 33.0 Å². The van der Waals surface area contributed by atoms with E-state index >= 15 is 0 Å². The van der Waals surface area contributed by atoms with Crippen LogP contribution in [0.3, 0.4) is 0 Å². The molecule has 0 aliphatic rings. The standard InChI is InChI=1S/C10H6F3NO/c1-2-7-5-9(15-10(11,12)13)4-3-8(7)6-14/h2-5H,1H2. The Bertz CT molecular complexity index is 418. The molecule has 0 atom stereocenters. The summed E-state index contributed by atoms with van der Waals surface area (Å²) in [5.74, 6) is -0.364. The molecule has 0 heterocycles. The maximum absolute atomic E-state index is 11.8. The summed E-state index contributed by atoms with van der Waals surface area (Å²) in [6.07, 6.45) is -3.44. The smallest absolute Gasteiger partial charge is 0.406 e. The molecule has 0 bridgehead atoms. The van der Waals surface area contributed by atoms with Gasteiger partial charge in [-0.1, -0.05) is 12.7 Å². The molecule has 0 spiro atoms. The van der Waals surface area contributed by atoms with Gasteiger partial charge >= 0.3 is 6.36 Å². The van der Waals surface area contributed by atoms with Crippen molar-refractivity contribution in [2.45, 2.75) is 6.36 Å². The summed E-state index contributed by atoms with van der Waals surface area (Å²) < 4.78 is 39.2. The summed E-state index contributed by atoms with van der Waals surface area (Å²) in [7, 11) is 0. The van der Waals surface area contributed by atoms with Crippen LogP contribution in [0.5, 0.6) is 5.75 Å². The Balaban J connectivity index is 3.05. The lowest BCUT2D eigenvalue weighted by atomic mass is 10.1. The number of benzene rings is 1. The lowest BCUT2D eigenvalue weighted by Crippen LogP contribution is -2.17. The van der Waals surface area contributed by atoms with Gasteiger partial charge in [0.05, 0.1) is 11.6 Å². The van der Waals surface area contributed by atoms with Crippen LogP contribution in [0.1, 0.15) is 11.1 Å². The van der Waals surface area contributed by atoms with E-state index in [2.05, 4.69) is 11.3 Å². The highest BCUT2D eigenvalue weighted by molar-refractivity contribution is 5.58. The molecule has 0 saturated heterocycles. The highest BCUT2D eigenvalue weighted by Gasteiger charge is 2.31. The Kier molecular flexibility index (Phi) is 3.00. The third-order valence-electron chi connectivity index (χ3n) is 1.60. The Morgan fingerprint density at radius 3 is 2.53 bits per heavy atom. The maximum Gasteiger partial charge on any atom is 0.573 e. The molecule has 0 aliphatic heterocycles. The summed E-state index contributed by atoms with van der Waals surface area (Å²) in [4.78, 5) is 0. The van der Waals surface area contributed by atoms with E-state index in [1.165, 1.54) is 12.1 Å². The highest BCUT2D eigenvalue weighted by atomic mass is 19.4. The molecule has 1 aromatic carbocycles. The van der Waals surface area contributed by atoms with Crippen molar-refractivity contribution in [1.29, 1.82) is 5.26 Å². The average molecular weight is 213 g/mol. The number of nitriles is 1. The fraction of sp³-hybridized carbons (Fsp3) is 0.100. The van der Waals surface area contributed by atoms with Crippen molar-refractivity contribution in [3.05, 3.63) is 35.9 Å². The number of hydrogen-bond donors (Lipinski definition) is 0. The minimum absolute atomic E-state index is 0.250. The maximum atomic E-state index is 11.8. The van der Waals surface area contributed by atoms with Gasteiger partial charge in [-0.2, -0.15) is 5.26 Å². The number of alkyl halides is 3. The predicted octanol–water partition coefficient (Wildman–Crippen LogP) is 3.10. The van der Waals surface area contributed by atoms with E-state index in [9.17, 15) is 13.2 Å². The van der Waals surface area contributed by atoms with Gasteiger partial charge in [-0.05, 0) is 23.8 Å². The quantitative estimate of drug-likeness (QED) is 0.756. The first kappa shape index (κ1) is 11.1. The highest BCUT2D eigenvalue weighted by Crippen LogP contribution is 2.25. The van der Waals surface area contributed by atoms with Crippen LogP contribution < -0.4 is 4.74 Å². The fourth-order valence-corrected chi connectivity index (χ4v) is 1.01. The summed E-state index contributed by atoms with van der Waals surface area (Å²) in [5.41, 5.74) is 0.554. The minimum atomic E-state index is -4.73. The largest absolute Gasteiger partial charge is 0.573 e. The fourth-order valence-electron chi connectivity index (χ4n) is 1.01. The first-order chi connectivity index (χ1) is 6.96. The molecule has 2 nitrogen and oxygen atoms in total. The molecule has 0 saturated carbocycles. The van der Waals surface area contributed by atoms with Gasteiger partial charge in [-0.15, -0.1) is 13.2 Å². The molecular weight excluding hydrogens is 207 g/mol. The molecule has 0 fully saturated rings. The van der Waals surface area contributed by atoms with Crippen molar-refractivity contribution in [2.24, 2.45) is 0 Å². The van der Waals surface area contributed by atoms with E-state index in [1.807, 2.05) is 6.07 Å². The van der Waals surface area contributed by atoms with Crippen molar-refractivity contribution in [2.75, 3.05) is 0 Å². The molecule has 1 rings (SSSR count). The molecule has 78 valence electrons. The normalized spacial score (nSPS) is 10.5. The van der Waals surface area contributed by atoms with Crippen LogP contribution in [-0.4, -0.2) is 6.36 Å². The van der Waals surface area contributed by atoms with Gasteiger partial charge in [0, 0.05) is 0 Å². The second-order valence-corrected chi connectivity index (χ2v) is 2.61. The molecule has 0 N–H and O–H groups in total. The third-order valence-corrected chi connectivity index (χ3v) is 1.60. The number of rotatable bonds is 2. The SMILES string of the molecule is C=Cc1cc(OC(F)(F)F)ccc1C#N. The molecule has 0 radical (unpaired) electrons. The molecule has 5 heteroatoms. The van der Waals surface area contributed by atoms with E-state index in [0.717, 1.165) is 12.1 Å². The van der Waals surface area contributed by atoms with Gasteiger partial charge in [-0.25, -0.2) is 0 Å². The van der Waals surface area contributed by atoms with Crippen molar-refractivity contribution >= 4 is 6.08 Å². The van der Waals surface area contributed by atoms with Crippen molar-refractivity contribution in [1.82, 2.24) is 0 Å². The zero-order valence-corrected chi connectivity index (χ0v) is 7.51. The van der Waals surface area contributed by atoms with Crippen LogP contribution in [0.25, 0.3) is 6.08 Å². The van der Waals surface area contributed by atoms with E-state index in [0.29, 0.717) is 5.56 Å². The Hall–Kier alpha value is -1.96. The van der Waals surface area contributed by atoms with Gasteiger partial charge in [0.15, 0.2) is 0 Å². The molecule has 0 aliphatic carbocycles. The van der Waals surface area contributed by atoms with E-state index in [1.54, 1.807) is 0 Å². The number of ether oxygens (including phenoxy) is 1. The lowest BCUT2D eigenvalue weighted by Gasteiger charge is -2.09. The molecule has 1 aromatic rings. The lowest BCUT2D eigenvalue weighted by molar-refractivity contribution is -0.274. The molecule has 15 heavy (non-hydrogen) atoms. The van der Waals surface area contributed by atoms with Crippen LogP contribution in [0.4, 0.5) is 13.2 Å². The number of nitrogens with zero attached hydrogens (tertiary/aromatic N) is 1. The molecule has 0 amide bonds. The van der Waals surface area contributed by atoms with Crippen LogP contribution >= 0.6 is 0 Å². The van der Waals surface area contributed by atoms with Crippen LogP contribution in [0.15, 0.2) is 24.8 Å². The van der Waals surface area contributed by atoms with E-state index < -0.39 is 6.36 Å². The molecule has 0 unspecified atom stereocenters. The van der Waals surface area contributed by atoms with Crippen molar-refractivity contribution in [3.8, 4) is 11.8 Å². The number of hydrogen-bond acceptors (Lipinski definition) is 2. The van der Waals surface area contributed by atoms with Gasteiger partial charge < -0.3 is 4.74 Å². The van der Waals surface area contributed by atoms with Gasteiger partial charge in [-0.3, -0.25) is 0 Å². The van der Waals surface area contributed by atoms with Crippen molar-refractivity contribution in [3.63, 3.8) is 0 Å². The second kappa shape index (κ2) is 4.05. The van der Waals surface area contributed by atoms with Gasteiger partial charge in [0.25, 0.3) is 0 Å². The van der Waals surface area contributed by atoms with Crippen LogP contribution in [0, 0.1) is 11.3 Å². The second-order valence-electron chi connectivity index (χ2n) is 2.61. The van der Waals surface area contributed by atoms with Crippen LogP contribution in [-0.2, 0) is 0 Å². The zero-order chi connectivity index (χ0) is 11.5. The van der Waals surface area contributed by atoms with E-state index in [4.69, 9.17) is 5.26 Å². The monoisotopic (exact) mass is 213 g/mol. The van der Waals surface area contributed by atoms with E-state index in [-0.39, 0.29) is 11.3 Å². The van der Waals surface area contributed by atoms with Crippen molar-refractivity contribution < 1.29 is 17.9 Å². The molecule has 0 aromatic heterocycles. The summed E-state index contributed by atoms with van der Waals surface area (Å²) >= 11 is 0. The Morgan fingerprint density at radius 1 is 1.40 bits per heavy atom. The van der Waals surface area contributed by atoms with Gasteiger partial charge in [0.1, 0.15) is 5.75 Å². The number of halogens is 3.